The zero-order valence-corrected chi connectivity index (χ0v) is 52.2. The Bertz CT molecular complexity index is 2890. The number of fused-ring (bicyclic) bond motifs is 2. The smallest absolute Gasteiger partial charge is 0.225 e. The van der Waals surface area contributed by atoms with Crippen LogP contribution in [0.1, 0.15) is 142 Å². The van der Waals surface area contributed by atoms with Crippen molar-refractivity contribution in [2.45, 2.75) is 173 Å². The van der Waals surface area contributed by atoms with E-state index in [-0.39, 0.29) is 67.5 Å². The highest BCUT2D eigenvalue weighted by atomic mass is 16.6. The van der Waals surface area contributed by atoms with Gasteiger partial charge in [-0.3, -0.25) is 24.1 Å². The SMILES string of the molecule is C.O=C(NC(CCCc1ccccc1)CCCc1ccccc1)C1CCN(C(=O)CC(O)CN2CCc3ccccc3C2)CC1.O=C(NC(CCCc1ccccc1)CCCc1ccccc1)C1CCN(C(=O)CC2CO2)CC1.c1ccc2c(c1)CCNC2. The van der Waals surface area contributed by atoms with E-state index in [4.69, 9.17) is 4.74 Å². The van der Waals surface area contributed by atoms with Gasteiger partial charge in [-0.15, -0.1) is 0 Å². The van der Waals surface area contributed by atoms with Crippen molar-refractivity contribution < 1.29 is 29.0 Å². The molecule has 0 saturated carbocycles. The average molecular weight is 1210 g/mol. The highest BCUT2D eigenvalue weighted by molar-refractivity contribution is 5.81. The summed E-state index contributed by atoms with van der Waals surface area (Å²) in [7, 11) is 0. The van der Waals surface area contributed by atoms with Crippen molar-refractivity contribution in [3.05, 3.63) is 214 Å². The number of β-amino-alcohol motifs (C(OH)–C–C–N with tert-alkyl or cyclic N) is 1. The highest BCUT2D eigenvalue weighted by Gasteiger charge is 2.33. The van der Waals surface area contributed by atoms with Crippen molar-refractivity contribution in [3.63, 3.8) is 0 Å². The van der Waals surface area contributed by atoms with Gasteiger partial charge in [0.1, 0.15) is 0 Å². The third kappa shape index (κ3) is 23.7. The summed E-state index contributed by atoms with van der Waals surface area (Å²) in [6.45, 7) is 7.64. The number of benzene rings is 6. The average Bonchev–Trinajstić information content (AvgIpc) is 4.53. The predicted molar refractivity (Wildman–Crippen MR) is 359 cm³/mol. The van der Waals surface area contributed by atoms with Gasteiger partial charge in [-0.2, -0.15) is 0 Å². The van der Waals surface area contributed by atoms with Gasteiger partial charge in [-0.25, -0.2) is 0 Å². The third-order valence-corrected chi connectivity index (χ3v) is 18.5. The summed E-state index contributed by atoms with van der Waals surface area (Å²) in [5.74, 6) is 0.401. The van der Waals surface area contributed by atoms with Gasteiger partial charge in [0.2, 0.25) is 23.6 Å². The van der Waals surface area contributed by atoms with Crippen molar-refractivity contribution >= 4 is 23.6 Å². The monoisotopic (exact) mass is 1210 g/mol. The fourth-order valence-corrected chi connectivity index (χ4v) is 13.1. The van der Waals surface area contributed by atoms with Crippen LogP contribution in [-0.2, 0) is 75.5 Å². The van der Waals surface area contributed by atoms with Gasteiger partial charge in [0, 0.05) is 76.3 Å². The number of piperidine rings is 2. The van der Waals surface area contributed by atoms with Crippen molar-refractivity contribution in [1.29, 1.82) is 0 Å². The van der Waals surface area contributed by atoms with E-state index in [9.17, 15) is 24.3 Å². The van der Waals surface area contributed by atoms with Gasteiger partial charge in [-0.05, 0) is 167 Å². The van der Waals surface area contributed by atoms with Crippen LogP contribution in [0.5, 0.6) is 0 Å². The number of aliphatic hydroxyl groups excluding tert-OH is 1. The molecule has 3 fully saturated rings. The number of aliphatic hydroxyl groups is 1. The molecule has 3 saturated heterocycles. The summed E-state index contributed by atoms with van der Waals surface area (Å²) in [6, 6.07) is 59.7. The minimum Gasteiger partial charge on any atom is -0.391 e. The summed E-state index contributed by atoms with van der Waals surface area (Å²) in [5.41, 5.74) is 11.1. The van der Waals surface area contributed by atoms with E-state index in [2.05, 4.69) is 179 Å². The lowest BCUT2D eigenvalue weighted by Crippen LogP contribution is -2.46. The van der Waals surface area contributed by atoms with E-state index in [1.807, 2.05) is 21.9 Å². The maximum atomic E-state index is 13.4. The lowest BCUT2D eigenvalue weighted by Gasteiger charge is -2.34. The van der Waals surface area contributed by atoms with E-state index < -0.39 is 6.10 Å². The maximum Gasteiger partial charge on any atom is 0.225 e. The normalized spacial score (nSPS) is 16.9. The molecule has 5 heterocycles. The standard InChI is InChI=1S/C38H49N3O3.C29H38N2O3.C9H11N.CH4/c42-36(29-40-24-21-32-17-7-8-18-34(32)28-40)27-37(43)41-25-22-33(23-26-41)38(44)39-35(19-9-15-30-11-3-1-4-12-30)20-10-16-31-13-5-2-6-14-31;32-28(21-27-22-34-27)31-19-17-25(18-20-31)29(33)30-26(15-7-13-23-9-3-1-4-10-23)16-8-14-24-11-5-2-6-12-24;1-2-4-9-7-10-6-5-8(9)3-1;/h1-8,11-14,17-18,33,35-36,42H,9-10,15-16,19-29H2,(H,39,44);1-6,9-12,25-27H,7-8,13-22H2,(H,30,33);1-4,10H,5-7H2;1H4. The molecule has 0 bridgehead atoms. The van der Waals surface area contributed by atoms with Gasteiger partial charge in [0.25, 0.3) is 0 Å². The maximum absolute atomic E-state index is 13.4. The van der Waals surface area contributed by atoms with E-state index >= 15 is 0 Å². The number of rotatable bonds is 26. The van der Waals surface area contributed by atoms with Crippen LogP contribution in [0.2, 0.25) is 0 Å². The number of likely N-dealkylation sites (tertiary alicyclic amines) is 2. The molecule has 12 heteroatoms. The van der Waals surface area contributed by atoms with Crippen LogP contribution in [0, 0.1) is 11.8 Å². The number of ether oxygens (including phenoxy) is 1. The second-order valence-corrected chi connectivity index (χ2v) is 25.2. The van der Waals surface area contributed by atoms with Gasteiger partial charge in [0.05, 0.1) is 31.7 Å². The lowest BCUT2D eigenvalue weighted by atomic mass is 9.93. The van der Waals surface area contributed by atoms with Crippen molar-refractivity contribution in [2.24, 2.45) is 11.8 Å². The Morgan fingerprint density at radius 2 is 0.876 bits per heavy atom. The number of nitrogens with one attached hydrogen (secondary N) is 3. The molecule has 2 atom stereocenters. The van der Waals surface area contributed by atoms with Crippen LogP contribution in [0.3, 0.4) is 0 Å². The van der Waals surface area contributed by atoms with E-state index in [0.29, 0.717) is 58.6 Å². The number of hydrogen-bond acceptors (Lipinski definition) is 8. The van der Waals surface area contributed by atoms with Gasteiger partial charge in [-0.1, -0.05) is 177 Å². The molecule has 476 valence electrons. The van der Waals surface area contributed by atoms with Crippen LogP contribution < -0.4 is 16.0 Å². The van der Waals surface area contributed by atoms with Crippen LogP contribution >= 0.6 is 0 Å². The Balaban J connectivity index is 0.000000200. The Kier molecular flexibility index (Phi) is 28.5. The molecule has 6 aromatic carbocycles. The van der Waals surface area contributed by atoms with Crippen molar-refractivity contribution in [2.75, 3.05) is 52.4 Å². The molecule has 0 spiro atoms. The molecule has 4 amide bonds. The predicted octanol–water partition coefficient (Wildman–Crippen LogP) is 12.1. The van der Waals surface area contributed by atoms with Gasteiger partial charge < -0.3 is 35.6 Å². The van der Waals surface area contributed by atoms with Gasteiger partial charge in [0.15, 0.2) is 0 Å². The molecular formula is C77H102N6O6. The van der Waals surface area contributed by atoms with Crippen LogP contribution in [0.25, 0.3) is 0 Å². The number of epoxide rings is 1. The molecule has 2 unspecified atom stereocenters. The molecular weight excluding hydrogens is 1100 g/mol. The summed E-state index contributed by atoms with van der Waals surface area (Å²) >= 11 is 0. The fourth-order valence-electron chi connectivity index (χ4n) is 13.1. The minimum atomic E-state index is -0.679. The molecule has 0 radical (unpaired) electrons. The largest absolute Gasteiger partial charge is 0.391 e. The van der Waals surface area contributed by atoms with E-state index in [1.165, 1.54) is 50.9 Å². The molecule has 5 aliphatic rings. The summed E-state index contributed by atoms with van der Waals surface area (Å²) in [4.78, 5) is 57.8. The summed E-state index contributed by atoms with van der Waals surface area (Å²) < 4.78 is 5.18. The fraction of sp³-hybridized carbons (Fsp3) is 0.481. The number of aryl methyl sites for hydroxylation is 4. The minimum absolute atomic E-state index is 0. The van der Waals surface area contributed by atoms with Crippen LogP contribution in [0.15, 0.2) is 170 Å². The molecule has 89 heavy (non-hydrogen) atoms. The molecule has 5 aliphatic heterocycles. The Morgan fingerprint density at radius 3 is 1.29 bits per heavy atom. The topological polar surface area (TPSA) is 147 Å². The van der Waals surface area contributed by atoms with Gasteiger partial charge >= 0.3 is 0 Å². The number of amides is 4. The molecule has 0 aliphatic carbocycles. The van der Waals surface area contributed by atoms with E-state index in [1.54, 1.807) is 0 Å². The summed E-state index contributed by atoms with van der Waals surface area (Å²) in [5, 5.41) is 20.8. The Morgan fingerprint density at radius 1 is 0.494 bits per heavy atom. The second-order valence-electron chi connectivity index (χ2n) is 25.2. The first-order chi connectivity index (χ1) is 43.2. The first kappa shape index (κ1) is 68.0. The zero-order valence-electron chi connectivity index (χ0n) is 52.2. The lowest BCUT2D eigenvalue weighted by molar-refractivity contribution is -0.137. The Hall–Kier alpha value is -6.96. The van der Waals surface area contributed by atoms with E-state index in [0.717, 1.165) is 122 Å². The zero-order chi connectivity index (χ0) is 61.0. The number of hydrogen-bond donors (Lipinski definition) is 4. The molecule has 4 N–H and O–H groups in total. The van der Waals surface area contributed by atoms with Crippen LogP contribution in [-0.4, -0.2) is 120 Å². The van der Waals surface area contributed by atoms with Crippen molar-refractivity contribution in [1.82, 2.24) is 30.7 Å². The van der Waals surface area contributed by atoms with Crippen molar-refractivity contribution in [3.8, 4) is 0 Å². The molecule has 11 rings (SSSR count). The number of carbonyl (C=O) groups excluding carboxylic acids is 4. The number of carbonyl (C=O) groups is 4. The number of nitrogens with zero attached hydrogens (tertiary/aromatic N) is 3. The highest BCUT2D eigenvalue weighted by Crippen LogP contribution is 2.25. The first-order valence-electron chi connectivity index (χ1n) is 33.4. The molecule has 12 nitrogen and oxygen atoms in total. The molecule has 0 aromatic heterocycles. The summed E-state index contributed by atoms with van der Waals surface area (Å²) in [6.07, 6.45) is 17.4. The first-order valence-corrected chi connectivity index (χ1v) is 33.4. The Labute approximate surface area is 532 Å². The van der Waals surface area contributed by atoms with Crippen LogP contribution in [0.4, 0.5) is 0 Å². The third-order valence-electron chi connectivity index (χ3n) is 18.5. The molecule has 6 aromatic rings. The quantitative estimate of drug-likeness (QED) is 0.0393. The second kappa shape index (κ2) is 37.3.